The quantitative estimate of drug-likeness (QED) is 0.231. The Kier molecular flexibility index (Phi) is 5.79. The molecule has 1 aromatic carbocycles. The minimum Gasteiger partial charge on any atom is -0.466 e. The highest BCUT2D eigenvalue weighted by atomic mass is 32.1. The number of furan rings is 1. The topological polar surface area (TPSA) is 117 Å². The lowest BCUT2D eigenvalue weighted by Gasteiger charge is -2.22. The van der Waals surface area contributed by atoms with E-state index in [0.717, 1.165) is 4.88 Å². The Hall–Kier alpha value is -4.09. The molecule has 1 aliphatic heterocycles. The van der Waals surface area contributed by atoms with Gasteiger partial charge < -0.3 is 9.15 Å². The van der Waals surface area contributed by atoms with E-state index >= 15 is 0 Å². The van der Waals surface area contributed by atoms with E-state index in [2.05, 4.69) is 4.99 Å². The lowest BCUT2D eigenvalue weighted by atomic mass is 10.0. The summed E-state index contributed by atoms with van der Waals surface area (Å²) in [7, 11) is 1.30. The molecule has 1 aliphatic rings. The van der Waals surface area contributed by atoms with Crippen molar-refractivity contribution in [2.24, 2.45) is 4.99 Å². The number of methoxy groups -OCH3 is 1. The molecule has 0 bridgehead atoms. The number of ether oxygens (including phenoxy) is 1. The number of aromatic nitrogens is 1. The second-order valence-corrected chi connectivity index (χ2v) is 9.58. The molecule has 5 rings (SSSR count). The van der Waals surface area contributed by atoms with Crippen LogP contribution in [0.3, 0.4) is 0 Å². The first-order chi connectivity index (χ1) is 16.9. The third-order valence-corrected chi connectivity index (χ3v) is 7.41. The normalized spacial score (nSPS) is 15.6. The molecular weight excluding hydrogens is 490 g/mol. The van der Waals surface area contributed by atoms with Crippen LogP contribution in [-0.4, -0.2) is 22.6 Å². The molecule has 0 fully saturated rings. The van der Waals surface area contributed by atoms with Gasteiger partial charge in [0.2, 0.25) is 0 Å². The first-order valence-electron chi connectivity index (χ1n) is 10.4. The van der Waals surface area contributed by atoms with Crippen molar-refractivity contribution in [2.45, 2.75) is 13.0 Å². The Morgan fingerprint density at radius 3 is 2.66 bits per heavy atom. The molecule has 0 aliphatic carbocycles. The van der Waals surface area contributed by atoms with Crippen LogP contribution in [0, 0.1) is 10.1 Å². The van der Waals surface area contributed by atoms with Gasteiger partial charge >= 0.3 is 5.97 Å². The molecule has 4 aromatic rings. The highest BCUT2D eigenvalue weighted by Crippen LogP contribution is 2.33. The summed E-state index contributed by atoms with van der Waals surface area (Å²) in [5.41, 5.74) is 1.19. The molecule has 35 heavy (non-hydrogen) atoms. The lowest BCUT2D eigenvalue weighted by molar-refractivity contribution is -0.384. The number of carbonyl (C=O) groups excluding carboxylic acids is 1. The van der Waals surface area contributed by atoms with E-state index in [1.54, 1.807) is 37.3 Å². The molecule has 1 unspecified atom stereocenters. The predicted octanol–water partition coefficient (Wildman–Crippen LogP) is 3.64. The molecule has 1 atom stereocenters. The molecule has 0 radical (unpaired) electrons. The molecule has 176 valence electrons. The number of carbonyl (C=O) groups is 1. The first-order valence-corrected chi connectivity index (χ1v) is 12.1. The molecule has 0 saturated heterocycles. The number of benzene rings is 1. The van der Waals surface area contributed by atoms with Crippen molar-refractivity contribution in [3.8, 4) is 11.3 Å². The predicted molar refractivity (Wildman–Crippen MR) is 131 cm³/mol. The van der Waals surface area contributed by atoms with E-state index in [1.165, 1.54) is 46.5 Å². The van der Waals surface area contributed by atoms with Crippen molar-refractivity contribution in [3.63, 3.8) is 0 Å². The summed E-state index contributed by atoms with van der Waals surface area (Å²) in [5, 5.41) is 12.8. The van der Waals surface area contributed by atoms with Crippen LogP contribution in [0.2, 0.25) is 0 Å². The second-order valence-electron chi connectivity index (χ2n) is 7.59. The highest BCUT2D eigenvalue weighted by Gasteiger charge is 2.33. The Morgan fingerprint density at radius 2 is 2.00 bits per heavy atom. The van der Waals surface area contributed by atoms with Crippen LogP contribution in [0.1, 0.15) is 23.6 Å². The van der Waals surface area contributed by atoms with Crippen molar-refractivity contribution < 1.29 is 18.9 Å². The van der Waals surface area contributed by atoms with Crippen molar-refractivity contribution in [1.29, 1.82) is 0 Å². The maximum atomic E-state index is 13.5. The fourth-order valence-corrected chi connectivity index (χ4v) is 5.72. The van der Waals surface area contributed by atoms with E-state index < -0.39 is 16.9 Å². The number of thiophene rings is 1. The average molecular weight is 508 g/mol. The third kappa shape index (κ3) is 4.04. The van der Waals surface area contributed by atoms with E-state index in [1.807, 2.05) is 17.5 Å². The second kappa shape index (κ2) is 8.93. The number of nitrogens with zero attached hydrogens (tertiary/aromatic N) is 3. The summed E-state index contributed by atoms with van der Waals surface area (Å²) < 4.78 is 12.8. The fourth-order valence-electron chi connectivity index (χ4n) is 3.87. The maximum absolute atomic E-state index is 13.5. The van der Waals surface area contributed by atoms with Crippen molar-refractivity contribution in [3.05, 3.63) is 106 Å². The van der Waals surface area contributed by atoms with Gasteiger partial charge in [0.25, 0.3) is 11.2 Å². The Morgan fingerprint density at radius 1 is 1.23 bits per heavy atom. The molecule has 3 aromatic heterocycles. The fraction of sp³-hybridized carbons (Fsp3) is 0.125. The maximum Gasteiger partial charge on any atom is 0.338 e. The van der Waals surface area contributed by atoms with Crippen LogP contribution in [0.25, 0.3) is 17.4 Å². The number of non-ortho nitro benzene ring substituents is 1. The summed E-state index contributed by atoms with van der Waals surface area (Å²) in [4.78, 5) is 42.3. The monoisotopic (exact) mass is 507 g/mol. The zero-order valence-electron chi connectivity index (χ0n) is 18.5. The number of hydrogen-bond acceptors (Lipinski definition) is 9. The minimum absolute atomic E-state index is 0.0106. The molecule has 0 N–H and O–H groups in total. The standard InChI is InChI=1S/C24H17N3O6S2/c1-13-20(23(29)32-2)21(18-4-3-11-34-18)26-22(28)19(35-24(26)25-13)12-16-9-10-17(33-16)14-5-7-15(8-6-14)27(30)31/h3-12,21H,1-2H3. The number of fused-ring (bicyclic) bond motifs is 1. The molecule has 9 nitrogen and oxygen atoms in total. The van der Waals surface area contributed by atoms with Gasteiger partial charge in [0.1, 0.15) is 17.6 Å². The van der Waals surface area contributed by atoms with Crippen molar-refractivity contribution in [1.82, 2.24) is 4.57 Å². The van der Waals surface area contributed by atoms with Crippen molar-refractivity contribution >= 4 is 40.4 Å². The number of allylic oxidation sites excluding steroid dienone is 1. The lowest BCUT2D eigenvalue weighted by Crippen LogP contribution is -2.39. The number of esters is 1. The van der Waals surface area contributed by atoms with Gasteiger partial charge in [0.15, 0.2) is 4.80 Å². The number of rotatable bonds is 5. The van der Waals surface area contributed by atoms with Crippen LogP contribution in [0.5, 0.6) is 0 Å². The number of thiazole rings is 1. The van der Waals surface area contributed by atoms with E-state index in [-0.39, 0.29) is 11.2 Å². The molecule has 0 saturated carbocycles. The summed E-state index contributed by atoms with van der Waals surface area (Å²) >= 11 is 2.65. The van der Waals surface area contributed by atoms with Crippen LogP contribution in [0.4, 0.5) is 5.69 Å². The van der Waals surface area contributed by atoms with Gasteiger partial charge in [-0.05, 0) is 42.6 Å². The van der Waals surface area contributed by atoms with Crippen molar-refractivity contribution in [2.75, 3.05) is 7.11 Å². The molecule has 0 amide bonds. The SMILES string of the molecule is COC(=O)C1=C(C)N=c2sc(=Cc3ccc(-c4ccc([N+](=O)[O-])cc4)o3)c(=O)n2C1c1cccs1. The van der Waals surface area contributed by atoms with E-state index in [9.17, 15) is 19.7 Å². The molecule has 11 heteroatoms. The van der Waals surface area contributed by atoms with E-state index in [0.29, 0.717) is 37.7 Å². The van der Waals surface area contributed by atoms with Crippen LogP contribution in [-0.2, 0) is 9.53 Å². The van der Waals surface area contributed by atoms with Gasteiger partial charge in [-0.2, -0.15) is 0 Å². The van der Waals surface area contributed by atoms with Gasteiger partial charge in [-0.25, -0.2) is 9.79 Å². The van der Waals surface area contributed by atoms with Gasteiger partial charge in [0, 0.05) is 28.6 Å². The van der Waals surface area contributed by atoms with Crippen LogP contribution >= 0.6 is 22.7 Å². The first kappa shape index (κ1) is 22.7. The molecule has 0 spiro atoms. The van der Waals surface area contributed by atoms with Gasteiger partial charge in [-0.3, -0.25) is 19.5 Å². The Labute approximate surface area is 205 Å². The van der Waals surface area contributed by atoms with Crippen LogP contribution in [0.15, 0.2) is 79.4 Å². The Bertz CT molecular complexity index is 1660. The zero-order chi connectivity index (χ0) is 24.7. The number of nitro benzene ring substituents is 1. The van der Waals surface area contributed by atoms with Gasteiger partial charge in [-0.1, -0.05) is 17.4 Å². The largest absolute Gasteiger partial charge is 0.466 e. The molecule has 4 heterocycles. The van der Waals surface area contributed by atoms with E-state index in [4.69, 9.17) is 9.15 Å². The zero-order valence-corrected chi connectivity index (χ0v) is 20.1. The average Bonchev–Trinajstić information content (AvgIpc) is 3.60. The summed E-state index contributed by atoms with van der Waals surface area (Å²) in [6, 6.07) is 12.6. The van der Waals surface area contributed by atoms with Gasteiger partial charge in [-0.15, -0.1) is 11.3 Å². The minimum atomic E-state index is -0.631. The molecular formula is C24H17N3O6S2. The number of hydrogen-bond donors (Lipinski definition) is 0. The summed E-state index contributed by atoms with van der Waals surface area (Å²) in [6.07, 6.45) is 1.63. The highest BCUT2D eigenvalue weighted by molar-refractivity contribution is 7.10. The van der Waals surface area contributed by atoms with Gasteiger partial charge in [0.05, 0.1) is 27.8 Å². The smallest absolute Gasteiger partial charge is 0.338 e. The summed E-state index contributed by atoms with van der Waals surface area (Å²) in [5.74, 6) is 0.428. The summed E-state index contributed by atoms with van der Waals surface area (Å²) in [6.45, 7) is 1.73. The number of nitro groups is 1. The van der Waals surface area contributed by atoms with Crippen LogP contribution < -0.4 is 14.9 Å². The Balaban J connectivity index is 1.58. The third-order valence-electron chi connectivity index (χ3n) is 5.50.